The van der Waals surface area contributed by atoms with E-state index in [4.69, 9.17) is 0 Å². The Balaban J connectivity index is 1.92. The zero-order valence-electron chi connectivity index (χ0n) is 14.3. The van der Waals surface area contributed by atoms with Gasteiger partial charge < -0.3 is 15.4 Å². The van der Waals surface area contributed by atoms with E-state index in [0.717, 1.165) is 17.5 Å². The second kappa shape index (κ2) is 7.60. The third kappa shape index (κ3) is 3.77. The summed E-state index contributed by atoms with van der Waals surface area (Å²) in [6, 6.07) is 18.0. The molecule has 26 heavy (non-hydrogen) atoms. The van der Waals surface area contributed by atoms with Gasteiger partial charge in [0.1, 0.15) is 0 Å². The molecule has 0 saturated heterocycles. The zero-order valence-corrected chi connectivity index (χ0v) is 14.3. The average Bonchev–Trinajstić information content (AvgIpc) is 3.07. The number of hydrogen-bond donors (Lipinski definition) is 1. The predicted molar refractivity (Wildman–Crippen MR) is 98.2 cm³/mol. The van der Waals surface area contributed by atoms with Crippen molar-refractivity contribution in [1.29, 1.82) is 0 Å². The lowest BCUT2D eigenvalue weighted by atomic mass is 10.1. The molecule has 1 heterocycles. The summed E-state index contributed by atoms with van der Waals surface area (Å²) in [5.74, 6) is -0.780. The third-order valence-electron chi connectivity index (χ3n) is 4.01. The van der Waals surface area contributed by atoms with Gasteiger partial charge in [0, 0.05) is 5.69 Å². The molecule has 0 fully saturated rings. The number of para-hydroxylation sites is 1. The van der Waals surface area contributed by atoms with E-state index >= 15 is 0 Å². The highest BCUT2D eigenvalue weighted by Crippen LogP contribution is 2.19. The fourth-order valence-electron chi connectivity index (χ4n) is 2.69. The number of nitro groups is 1. The van der Waals surface area contributed by atoms with Crippen LogP contribution in [0.25, 0.3) is 0 Å². The van der Waals surface area contributed by atoms with Gasteiger partial charge >= 0.3 is 5.82 Å². The Morgan fingerprint density at radius 2 is 1.85 bits per heavy atom. The summed E-state index contributed by atoms with van der Waals surface area (Å²) in [6.07, 6.45) is 0.764. The average molecular weight is 350 g/mol. The van der Waals surface area contributed by atoms with Crippen LogP contribution in [0.4, 0.5) is 11.5 Å². The molecule has 1 aromatic heterocycles. The summed E-state index contributed by atoms with van der Waals surface area (Å²) in [5, 5.41) is 17.9. The number of hydrogen-bond acceptors (Lipinski definition) is 4. The van der Waals surface area contributed by atoms with Gasteiger partial charge in [0.2, 0.25) is 0 Å². The van der Waals surface area contributed by atoms with Crippen molar-refractivity contribution >= 4 is 17.4 Å². The number of aromatic nitrogens is 2. The Hall–Kier alpha value is -3.48. The monoisotopic (exact) mass is 350 g/mol. The summed E-state index contributed by atoms with van der Waals surface area (Å²) < 4.78 is 1.36. The van der Waals surface area contributed by atoms with Crippen LogP contribution in [0, 0.1) is 10.1 Å². The van der Waals surface area contributed by atoms with E-state index in [1.54, 1.807) is 0 Å². The molecule has 0 aliphatic heterocycles. The first kappa shape index (κ1) is 17.3. The van der Waals surface area contributed by atoms with Crippen molar-refractivity contribution in [3.63, 3.8) is 0 Å². The number of benzene rings is 2. The highest BCUT2D eigenvalue weighted by Gasteiger charge is 2.23. The van der Waals surface area contributed by atoms with Crippen molar-refractivity contribution in [2.75, 3.05) is 5.32 Å². The van der Waals surface area contributed by atoms with Crippen LogP contribution in [-0.2, 0) is 13.0 Å². The fraction of sp³-hybridized carbons (Fsp3) is 0.158. The molecule has 132 valence electrons. The minimum absolute atomic E-state index is 0.145. The molecule has 3 rings (SSSR count). The molecule has 7 heteroatoms. The third-order valence-corrected chi connectivity index (χ3v) is 4.01. The molecule has 1 N–H and O–H groups in total. The van der Waals surface area contributed by atoms with E-state index in [1.165, 1.54) is 10.7 Å². The molecule has 3 aromatic rings. The Morgan fingerprint density at radius 3 is 2.54 bits per heavy atom. The number of anilines is 1. The van der Waals surface area contributed by atoms with Crippen molar-refractivity contribution in [2.24, 2.45) is 0 Å². The van der Waals surface area contributed by atoms with Crippen LogP contribution < -0.4 is 5.32 Å². The van der Waals surface area contributed by atoms with Crippen LogP contribution >= 0.6 is 0 Å². The van der Waals surface area contributed by atoms with Crippen LogP contribution in [0.1, 0.15) is 28.5 Å². The first-order valence-electron chi connectivity index (χ1n) is 8.24. The summed E-state index contributed by atoms with van der Waals surface area (Å²) >= 11 is 0. The first-order chi connectivity index (χ1) is 12.6. The highest BCUT2D eigenvalue weighted by atomic mass is 16.6. The number of aryl methyl sites for hydroxylation is 1. The van der Waals surface area contributed by atoms with Crippen molar-refractivity contribution in [3.05, 3.63) is 87.6 Å². The Kier molecular flexibility index (Phi) is 5.07. The number of amides is 1. The van der Waals surface area contributed by atoms with E-state index in [2.05, 4.69) is 10.4 Å². The summed E-state index contributed by atoms with van der Waals surface area (Å²) in [4.78, 5) is 23.2. The minimum atomic E-state index is -0.599. The number of rotatable bonds is 6. The molecule has 0 aliphatic carbocycles. The van der Waals surface area contributed by atoms with Crippen LogP contribution in [-0.4, -0.2) is 20.6 Å². The topological polar surface area (TPSA) is 90.1 Å². The van der Waals surface area contributed by atoms with Crippen molar-refractivity contribution < 1.29 is 9.72 Å². The van der Waals surface area contributed by atoms with Crippen LogP contribution in [0.15, 0.2) is 60.7 Å². The van der Waals surface area contributed by atoms with Crippen LogP contribution in [0.2, 0.25) is 0 Å². The van der Waals surface area contributed by atoms with Gasteiger partial charge in [-0.05, 0) is 28.5 Å². The molecule has 0 spiro atoms. The standard InChI is InChI=1S/C19H18N4O3/c1-2-15-10-6-7-11-16(15)20-19(24)17-12-18(23(25)26)21-22(17)13-14-8-4-3-5-9-14/h3-12H,2,13H2,1H3,(H,20,24). The maximum Gasteiger partial charge on any atom is 0.390 e. The Labute approximate surface area is 150 Å². The molecule has 0 aliphatic rings. The SMILES string of the molecule is CCc1ccccc1NC(=O)c1cc([N+](=O)[O-])nn1Cc1ccccc1. The van der Waals surface area contributed by atoms with Crippen LogP contribution in [0.3, 0.4) is 0 Å². The Morgan fingerprint density at radius 1 is 1.15 bits per heavy atom. The number of nitrogens with one attached hydrogen (secondary N) is 1. The van der Waals surface area contributed by atoms with Gasteiger partial charge in [0.25, 0.3) is 5.91 Å². The molecule has 1 amide bonds. The molecule has 2 aromatic carbocycles. The summed E-state index contributed by atoms with van der Waals surface area (Å²) in [5.41, 5.74) is 2.72. The van der Waals surface area contributed by atoms with E-state index in [0.29, 0.717) is 5.69 Å². The quantitative estimate of drug-likeness (QED) is 0.543. The van der Waals surface area contributed by atoms with Gasteiger partial charge in [0.05, 0.1) is 17.7 Å². The molecule has 0 unspecified atom stereocenters. The number of carbonyl (C=O) groups excluding carboxylic acids is 1. The zero-order chi connectivity index (χ0) is 18.5. The van der Waals surface area contributed by atoms with Gasteiger partial charge in [-0.1, -0.05) is 55.5 Å². The highest BCUT2D eigenvalue weighted by molar-refractivity contribution is 6.03. The first-order valence-corrected chi connectivity index (χ1v) is 8.24. The molecule has 0 atom stereocenters. The van der Waals surface area contributed by atoms with Gasteiger partial charge in [-0.2, -0.15) is 4.68 Å². The molecule has 7 nitrogen and oxygen atoms in total. The van der Waals surface area contributed by atoms with Crippen molar-refractivity contribution in [1.82, 2.24) is 9.78 Å². The van der Waals surface area contributed by atoms with E-state index < -0.39 is 10.8 Å². The van der Waals surface area contributed by atoms with Gasteiger partial charge in [-0.3, -0.25) is 4.79 Å². The largest absolute Gasteiger partial charge is 0.390 e. The second-order valence-corrected chi connectivity index (χ2v) is 5.75. The lowest BCUT2D eigenvalue weighted by molar-refractivity contribution is -0.389. The van der Waals surface area contributed by atoms with Crippen molar-refractivity contribution in [3.8, 4) is 0 Å². The van der Waals surface area contributed by atoms with E-state index in [1.807, 2.05) is 61.5 Å². The Bertz CT molecular complexity index is 935. The summed E-state index contributed by atoms with van der Waals surface area (Å²) in [6.45, 7) is 2.27. The van der Waals surface area contributed by atoms with E-state index in [9.17, 15) is 14.9 Å². The fourth-order valence-corrected chi connectivity index (χ4v) is 2.69. The molecule has 0 radical (unpaired) electrons. The molecule has 0 bridgehead atoms. The predicted octanol–water partition coefficient (Wildman–Crippen LogP) is 3.65. The van der Waals surface area contributed by atoms with E-state index in [-0.39, 0.29) is 18.1 Å². The molecular formula is C19H18N4O3. The van der Waals surface area contributed by atoms with Gasteiger partial charge in [-0.25, -0.2) is 0 Å². The smallest absolute Gasteiger partial charge is 0.358 e. The molecular weight excluding hydrogens is 332 g/mol. The maximum atomic E-state index is 12.7. The van der Waals surface area contributed by atoms with Crippen molar-refractivity contribution in [2.45, 2.75) is 19.9 Å². The maximum absolute atomic E-state index is 12.7. The number of nitrogens with zero attached hydrogens (tertiary/aromatic N) is 3. The molecule has 0 saturated carbocycles. The lowest BCUT2D eigenvalue weighted by Crippen LogP contribution is -2.19. The lowest BCUT2D eigenvalue weighted by Gasteiger charge is -2.09. The number of carbonyl (C=O) groups is 1. The normalized spacial score (nSPS) is 10.5. The van der Waals surface area contributed by atoms with Gasteiger partial charge in [-0.15, -0.1) is 0 Å². The summed E-state index contributed by atoms with van der Waals surface area (Å²) in [7, 11) is 0. The van der Waals surface area contributed by atoms with Crippen LogP contribution in [0.5, 0.6) is 0 Å². The van der Waals surface area contributed by atoms with Gasteiger partial charge in [0.15, 0.2) is 5.69 Å². The minimum Gasteiger partial charge on any atom is -0.358 e. The second-order valence-electron chi connectivity index (χ2n) is 5.75.